The summed E-state index contributed by atoms with van der Waals surface area (Å²) in [5, 5.41) is 11.7. The predicted molar refractivity (Wildman–Crippen MR) is 105 cm³/mol. The lowest BCUT2D eigenvalue weighted by Gasteiger charge is -2.38. The lowest BCUT2D eigenvalue weighted by molar-refractivity contribution is -0.0211. The Kier molecular flexibility index (Phi) is 4.69. The van der Waals surface area contributed by atoms with Gasteiger partial charge in [-0.1, -0.05) is 29.8 Å². The van der Waals surface area contributed by atoms with E-state index in [0.717, 1.165) is 5.56 Å². The molecule has 0 saturated carbocycles. The summed E-state index contributed by atoms with van der Waals surface area (Å²) >= 11 is 5.90. The van der Waals surface area contributed by atoms with Gasteiger partial charge in [0.05, 0.1) is 11.1 Å². The Morgan fingerprint density at radius 2 is 1.82 bits per heavy atom. The Hall–Kier alpha value is -2.70. The molecule has 1 fully saturated rings. The van der Waals surface area contributed by atoms with Crippen molar-refractivity contribution in [1.82, 2.24) is 9.88 Å². The quantitative estimate of drug-likeness (QED) is 0.692. The molecule has 2 heterocycles. The van der Waals surface area contributed by atoms with Crippen LogP contribution in [-0.4, -0.2) is 34.0 Å². The summed E-state index contributed by atoms with van der Waals surface area (Å²) in [6.07, 6.45) is 1.96. The second-order valence-corrected chi connectivity index (χ2v) is 7.46. The molecule has 5 nitrogen and oxygen atoms in total. The highest BCUT2D eigenvalue weighted by Crippen LogP contribution is 2.33. The van der Waals surface area contributed by atoms with Crippen LogP contribution in [0.5, 0.6) is 0 Å². The highest BCUT2D eigenvalue weighted by molar-refractivity contribution is 6.30. The van der Waals surface area contributed by atoms with Crippen molar-refractivity contribution < 1.29 is 14.3 Å². The van der Waals surface area contributed by atoms with Crippen LogP contribution >= 0.6 is 11.6 Å². The largest absolute Gasteiger partial charge is 0.385 e. The first kappa shape index (κ1) is 18.7. The Labute approximate surface area is 165 Å². The maximum atomic E-state index is 13.8. The average molecular weight is 401 g/mol. The second kappa shape index (κ2) is 7.04. The number of para-hydroxylation sites is 1. The molecular formula is C21H18ClFN2O3. The summed E-state index contributed by atoms with van der Waals surface area (Å²) in [5.74, 6) is -0.967. The van der Waals surface area contributed by atoms with Crippen LogP contribution in [0.1, 0.15) is 28.8 Å². The number of aromatic nitrogens is 1. The first-order valence-corrected chi connectivity index (χ1v) is 9.34. The molecule has 2 N–H and O–H groups in total. The van der Waals surface area contributed by atoms with Crippen LogP contribution in [0.3, 0.4) is 0 Å². The summed E-state index contributed by atoms with van der Waals surface area (Å²) in [5.41, 5.74) is -0.741. The van der Waals surface area contributed by atoms with Crippen LogP contribution in [0, 0.1) is 5.82 Å². The van der Waals surface area contributed by atoms with Gasteiger partial charge in [0.25, 0.3) is 5.91 Å². The standard InChI is InChI=1S/C21H18ClFN2O3/c22-14-6-4-13(5-7-14)21(28)8-10-25(11-9-21)20(27)16-12-24-18-15(19(16)26)2-1-3-17(18)23/h1-7,12,28H,8-11H2,(H,24,26). The fraction of sp³-hybridized carbons (Fsp3) is 0.238. The number of benzene rings is 2. The van der Waals surface area contributed by atoms with E-state index < -0.39 is 22.8 Å². The van der Waals surface area contributed by atoms with E-state index in [-0.39, 0.29) is 16.5 Å². The molecule has 2 aromatic carbocycles. The molecule has 3 aromatic rings. The van der Waals surface area contributed by atoms with E-state index in [9.17, 15) is 19.1 Å². The minimum Gasteiger partial charge on any atom is -0.385 e. The molecule has 4 rings (SSSR count). The zero-order chi connectivity index (χ0) is 19.9. The van der Waals surface area contributed by atoms with Gasteiger partial charge < -0.3 is 15.0 Å². The fourth-order valence-corrected chi connectivity index (χ4v) is 3.80. The number of aliphatic hydroxyl groups is 1. The van der Waals surface area contributed by atoms with Gasteiger partial charge in [0.2, 0.25) is 5.43 Å². The van der Waals surface area contributed by atoms with Crippen molar-refractivity contribution >= 4 is 28.4 Å². The number of carbonyl (C=O) groups excluding carboxylic acids is 1. The molecule has 1 aromatic heterocycles. The summed E-state index contributed by atoms with van der Waals surface area (Å²) < 4.78 is 13.8. The monoisotopic (exact) mass is 400 g/mol. The highest BCUT2D eigenvalue weighted by Gasteiger charge is 2.36. The minimum atomic E-state index is -1.04. The number of nitrogens with one attached hydrogen (secondary N) is 1. The number of hydrogen-bond donors (Lipinski definition) is 2. The van der Waals surface area contributed by atoms with Crippen molar-refractivity contribution in [2.75, 3.05) is 13.1 Å². The third-order valence-corrected chi connectivity index (χ3v) is 5.61. The van der Waals surface area contributed by atoms with E-state index in [0.29, 0.717) is 31.0 Å². The van der Waals surface area contributed by atoms with Crippen LogP contribution in [0.4, 0.5) is 4.39 Å². The number of nitrogens with zero attached hydrogens (tertiary/aromatic N) is 1. The number of amides is 1. The molecule has 0 unspecified atom stereocenters. The molecule has 1 aliphatic heterocycles. The molecule has 0 radical (unpaired) electrons. The van der Waals surface area contributed by atoms with E-state index in [1.165, 1.54) is 24.4 Å². The van der Waals surface area contributed by atoms with Gasteiger partial charge in [0.15, 0.2) is 0 Å². The van der Waals surface area contributed by atoms with Gasteiger partial charge in [0.1, 0.15) is 11.4 Å². The van der Waals surface area contributed by atoms with E-state index in [1.807, 2.05) is 0 Å². The minimum absolute atomic E-state index is 0.0324. The fourth-order valence-electron chi connectivity index (χ4n) is 3.67. The molecule has 144 valence electrons. The number of aromatic amines is 1. The molecule has 1 saturated heterocycles. The summed E-state index contributed by atoms with van der Waals surface area (Å²) in [6.45, 7) is 0.608. The molecule has 28 heavy (non-hydrogen) atoms. The third kappa shape index (κ3) is 3.19. The molecule has 7 heteroatoms. The number of fused-ring (bicyclic) bond motifs is 1. The Morgan fingerprint density at radius 3 is 2.50 bits per heavy atom. The van der Waals surface area contributed by atoms with E-state index >= 15 is 0 Å². The number of likely N-dealkylation sites (tertiary alicyclic amines) is 1. The van der Waals surface area contributed by atoms with Crippen molar-refractivity contribution in [1.29, 1.82) is 0 Å². The summed E-state index contributed by atoms with van der Waals surface area (Å²) in [6, 6.07) is 11.2. The number of piperidine rings is 1. The topological polar surface area (TPSA) is 73.4 Å². The smallest absolute Gasteiger partial charge is 0.259 e. The van der Waals surface area contributed by atoms with Gasteiger partial charge in [-0.15, -0.1) is 0 Å². The number of H-pyrrole nitrogens is 1. The van der Waals surface area contributed by atoms with Crippen molar-refractivity contribution in [2.24, 2.45) is 0 Å². The number of halogens is 2. The number of pyridine rings is 1. The summed E-state index contributed by atoms with van der Waals surface area (Å²) in [4.78, 5) is 29.8. The van der Waals surface area contributed by atoms with Gasteiger partial charge in [-0.3, -0.25) is 9.59 Å². The molecule has 0 atom stereocenters. The van der Waals surface area contributed by atoms with E-state index in [4.69, 9.17) is 11.6 Å². The van der Waals surface area contributed by atoms with Crippen LogP contribution < -0.4 is 5.43 Å². The lowest BCUT2D eigenvalue weighted by atomic mass is 9.84. The SMILES string of the molecule is O=C(c1c[nH]c2c(F)cccc2c1=O)N1CCC(O)(c2ccc(Cl)cc2)CC1. The van der Waals surface area contributed by atoms with Crippen molar-refractivity contribution in [3.63, 3.8) is 0 Å². The molecule has 0 aliphatic carbocycles. The molecule has 1 aliphatic rings. The van der Waals surface area contributed by atoms with Crippen molar-refractivity contribution in [2.45, 2.75) is 18.4 Å². The van der Waals surface area contributed by atoms with E-state index in [1.54, 1.807) is 29.2 Å². The second-order valence-electron chi connectivity index (χ2n) is 7.02. The Balaban J connectivity index is 1.56. The van der Waals surface area contributed by atoms with Gasteiger partial charge in [-0.05, 0) is 42.7 Å². The van der Waals surface area contributed by atoms with Gasteiger partial charge in [-0.2, -0.15) is 0 Å². The van der Waals surface area contributed by atoms with Crippen LogP contribution in [0.15, 0.2) is 53.5 Å². The summed E-state index contributed by atoms with van der Waals surface area (Å²) in [7, 11) is 0. The van der Waals surface area contributed by atoms with Gasteiger partial charge >= 0.3 is 0 Å². The number of rotatable bonds is 2. The predicted octanol–water partition coefficient (Wildman–Crippen LogP) is 3.44. The van der Waals surface area contributed by atoms with Crippen LogP contribution in [-0.2, 0) is 5.60 Å². The zero-order valence-electron chi connectivity index (χ0n) is 14.9. The maximum Gasteiger partial charge on any atom is 0.259 e. The molecular weight excluding hydrogens is 383 g/mol. The lowest BCUT2D eigenvalue weighted by Crippen LogP contribution is -2.46. The number of carbonyl (C=O) groups is 1. The van der Waals surface area contributed by atoms with Gasteiger partial charge in [-0.25, -0.2) is 4.39 Å². The molecule has 0 bridgehead atoms. The normalized spacial score (nSPS) is 16.3. The Bertz CT molecular complexity index is 1100. The molecule has 0 spiro atoms. The molecule has 1 amide bonds. The third-order valence-electron chi connectivity index (χ3n) is 5.35. The highest BCUT2D eigenvalue weighted by atomic mass is 35.5. The average Bonchev–Trinajstić information content (AvgIpc) is 2.69. The first-order chi connectivity index (χ1) is 13.4. The number of hydrogen-bond acceptors (Lipinski definition) is 3. The van der Waals surface area contributed by atoms with Crippen LogP contribution in [0.2, 0.25) is 5.02 Å². The maximum absolute atomic E-state index is 13.8. The first-order valence-electron chi connectivity index (χ1n) is 8.97. The van der Waals surface area contributed by atoms with E-state index in [2.05, 4.69) is 4.98 Å². The zero-order valence-corrected chi connectivity index (χ0v) is 15.7. The Morgan fingerprint density at radius 1 is 1.14 bits per heavy atom. The van der Waals surface area contributed by atoms with Crippen molar-refractivity contribution in [3.8, 4) is 0 Å². The van der Waals surface area contributed by atoms with Crippen LogP contribution in [0.25, 0.3) is 10.9 Å². The van der Waals surface area contributed by atoms with Gasteiger partial charge in [0, 0.05) is 29.7 Å². The van der Waals surface area contributed by atoms with Crippen molar-refractivity contribution in [3.05, 3.63) is 80.9 Å².